The van der Waals surface area contributed by atoms with Crippen molar-refractivity contribution in [2.24, 2.45) is 0 Å². The molecule has 0 aliphatic heterocycles. The van der Waals surface area contributed by atoms with Crippen molar-refractivity contribution in [3.8, 4) is 0 Å². The SMILES string of the molecule is CCN(CC)[C@H](CNC(=O)CCc1nc2ccccc2c(=O)n1C1CC1)c1ccccc1. The van der Waals surface area contributed by atoms with Gasteiger partial charge in [0, 0.05) is 25.4 Å². The molecule has 1 saturated carbocycles. The minimum absolute atomic E-state index is 0.0113. The van der Waals surface area contributed by atoms with E-state index in [4.69, 9.17) is 4.98 Å². The number of likely N-dealkylation sites (N-methyl/N-ethyl adjacent to an activating group) is 1. The Bertz CT molecular complexity index is 1120. The Morgan fingerprint density at radius 3 is 2.47 bits per heavy atom. The summed E-state index contributed by atoms with van der Waals surface area (Å²) in [5.74, 6) is 0.706. The summed E-state index contributed by atoms with van der Waals surface area (Å²) in [6.07, 6.45) is 2.78. The lowest BCUT2D eigenvalue weighted by atomic mass is 10.0. The van der Waals surface area contributed by atoms with E-state index in [0.29, 0.717) is 30.3 Å². The van der Waals surface area contributed by atoms with Crippen molar-refractivity contribution in [2.75, 3.05) is 19.6 Å². The molecule has 0 radical (unpaired) electrons. The van der Waals surface area contributed by atoms with Crippen molar-refractivity contribution in [1.82, 2.24) is 19.8 Å². The third-order valence-electron chi connectivity index (χ3n) is 6.30. The Kier molecular flexibility index (Phi) is 7.00. The van der Waals surface area contributed by atoms with Crippen molar-refractivity contribution in [3.63, 3.8) is 0 Å². The summed E-state index contributed by atoms with van der Waals surface area (Å²) in [6.45, 7) is 6.68. The zero-order valence-electron chi connectivity index (χ0n) is 19.0. The smallest absolute Gasteiger partial charge is 0.261 e. The Labute approximate surface area is 189 Å². The summed E-state index contributed by atoms with van der Waals surface area (Å²) in [5.41, 5.74) is 1.92. The van der Waals surface area contributed by atoms with E-state index < -0.39 is 0 Å². The molecule has 1 aliphatic carbocycles. The fraction of sp³-hybridized carbons (Fsp3) is 0.423. The number of nitrogens with one attached hydrogen (secondary N) is 1. The Morgan fingerprint density at radius 2 is 1.78 bits per heavy atom. The third-order valence-corrected chi connectivity index (χ3v) is 6.30. The van der Waals surface area contributed by atoms with E-state index in [0.717, 1.165) is 31.8 Å². The lowest BCUT2D eigenvalue weighted by Crippen LogP contribution is -2.38. The van der Waals surface area contributed by atoms with Crippen LogP contribution in [0.25, 0.3) is 10.9 Å². The second kappa shape index (κ2) is 10.1. The first-order valence-electron chi connectivity index (χ1n) is 11.7. The second-order valence-electron chi connectivity index (χ2n) is 8.40. The monoisotopic (exact) mass is 432 g/mol. The standard InChI is InChI=1S/C26H32N4O2/c1-3-29(4-2)23(19-10-6-5-7-11-19)18-27-25(31)17-16-24-28-22-13-9-8-12-21(22)26(32)30(24)20-14-15-20/h5-13,20,23H,3-4,14-18H2,1-2H3,(H,27,31)/t23-/m1/s1. The molecule has 0 unspecified atom stereocenters. The van der Waals surface area contributed by atoms with Crippen LogP contribution in [-0.2, 0) is 11.2 Å². The average Bonchev–Trinajstić information content (AvgIpc) is 3.66. The number of carbonyl (C=O) groups is 1. The minimum Gasteiger partial charge on any atom is -0.354 e. The normalized spacial score (nSPS) is 14.6. The van der Waals surface area contributed by atoms with Crippen LogP contribution in [-0.4, -0.2) is 40.0 Å². The number of rotatable bonds is 10. The average molecular weight is 433 g/mol. The van der Waals surface area contributed by atoms with Gasteiger partial charge in [0.2, 0.25) is 5.91 Å². The molecule has 1 aliphatic rings. The largest absolute Gasteiger partial charge is 0.354 e. The van der Waals surface area contributed by atoms with Gasteiger partial charge in [-0.1, -0.05) is 56.3 Å². The van der Waals surface area contributed by atoms with Crippen LogP contribution in [0.5, 0.6) is 0 Å². The van der Waals surface area contributed by atoms with Gasteiger partial charge in [-0.3, -0.25) is 19.1 Å². The molecule has 2 aromatic carbocycles. The fourth-order valence-corrected chi connectivity index (χ4v) is 4.40. The number of nitrogens with zero attached hydrogens (tertiary/aromatic N) is 3. The van der Waals surface area contributed by atoms with Crippen LogP contribution in [0.2, 0.25) is 0 Å². The topological polar surface area (TPSA) is 67.2 Å². The molecule has 1 atom stereocenters. The number of carbonyl (C=O) groups excluding carboxylic acids is 1. The molecule has 6 nitrogen and oxygen atoms in total. The molecule has 1 heterocycles. The van der Waals surface area contributed by atoms with Crippen molar-refractivity contribution < 1.29 is 4.79 Å². The molecule has 0 bridgehead atoms. The highest BCUT2D eigenvalue weighted by Crippen LogP contribution is 2.34. The molecule has 4 rings (SSSR count). The van der Waals surface area contributed by atoms with Gasteiger partial charge >= 0.3 is 0 Å². The molecular formula is C26H32N4O2. The number of para-hydroxylation sites is 1. The van der Waals surface area contributed by atoms with Gasteiger partial charge in [-0.15, -0.1) is 0 Å². The summed E-state index contributed by atoms with van der Waals surface area (Å²) in [5, 5.41) is 3.77. The van der Waals surface area contributed by atoms with Crippen molar-refractivity contribution in [3.05, 3.63) is 76.3 Å². The van der Waals surface area contributed by atoms with Gasteiger partial charge in [-0.25, -0.2) is 4.98 Å². The summed E-state index contributed by atoms with van der Waals surface area (Å²) >= 11 is 0. The fourth-order valence-electron chi connectivity index (χ4n) is 4.40. The highest BCUT2D eigenvalue weighted by atomic mass is 16.1. The molecule has 1 fully saturated rings. The number of hydrogen-bond donors (Lipinski definition) is 1. The maximum Gasteiger partial charge on any atom is 0.261 e. The molecule has 3 aromatic rings. The molecule has 6 heteroatoms. The maximum atomic E-state index is 13.0. The molecular weight excluding hydrogens is 400 g/mol. The van der Waals surface area contributed by atoms with Crippen LogP contribution in [0, 0.1) is 0 Å². The number of benzene rings is 2. The van der Waals surface area contributed by atoms with Gasteiger partial charge in [-0.05, 0) is 43.6 Å². The molecule has 1 aromatic heterocycles. The van der Waals surface area contributed by atoms with Crippen molar-refractivity contribution >= 4 is 16.8 Å². The Morgan fingerprint density at radius 1 is 1.09 bits per heavy atom. The van der Waals surface area contributed by atoms with E-state index in [1.165, 1.54) is 5.56 Å². The Hall–Kier alpha value is -2.99. The van der Waals surface area contributed by atoms with Crippen molar-refractivity contribution in [1.29, 1.82) is 0 Å². The highest BCUT2D eigenvalue weighted by Gasteiger charge is 2.28. The van der Waals surface area contributed by atoms with Gasteiger partial charge < -0.3 is 5.32 Å². The second-order valence-corrected chi connectivity index (χ2v) is 8.40. The van der Waals surface area contributed by atoms with E-state index in [1.807, 2.05) is 47.0 Å². The number of hydrogen-bond acceptors (Lipinski definition) is 4. The number of aromatic nitrogens is 2. The summed E-state index contributed by atoms with van der Waals surface area (Å²) < 4.78 is 1.82. The van der Waals surface area contributed by atoms with Crippen LogP contribution in [0.3, 0.4) is 0 Å². The van der Waals surface area contributed by atoms with Crippen LogP contribution in [0.1, 0.15) is 56.6 Å². The molecule has 168 valence electrons. The number of fused-ring (bicyclic) bond motifs is 1. The number of amides is 1. The van der Waals surface area contributed by atoms with E-state index in [1.54, 1.807) is 0 Å². The molecule has 0 saturated heterocycles. The zero-order valence-corrected chi connectivity index (χ0v) is 19.0. The van der Waals surface area contributed by atoms with Crippen LogP contribution in [0.4, 0.5) is 0 Å². The Balaban J connectivity index is 1.45. The van der Waals surface area contributed by atoms with E-state index in [2.05, 4.69) is 36.2 Å². The van der Waals surface area contributed by atoms with Gasteiger partial charge in [0.15, 0.2) is 0 Å². The summed E-state index contributed by atoms with van der Waals surface area (Å²) in [4.78, 5) is 32.9. The first-order valence-corrected chi connectivity index (χ1v) is 11.7. The van der Waals surface area contributed by atoms with Gasteiger partial charge in [0.1, 0.15) is 5.82 Å². The minimum atomic E-state index is -0.0113. The lowest BCUT2D eigenvalue weighted by molar-refractivity contribution is -0.121. The summed E-state index contributed by atoms with van der Waals surface area (Å²) in [6, 6.07) is 18.1. The first-order chi connectivity index (χ1) is 15.6. The van der Waals surface area contributed by atoms with Crippen LogP contribution >= 0.6 is 0 Å². The molecule has 32 heavy (non-hydrogen) atoms. The third kappa shape index (κ3) is 4.91. The molecule has 0 spiro atoms. The van der Waals surface area contributed by atoms with E-state index in [-0.39, 0.29) is 23.6 Å². The predicted octanol–water partition coefficient (Wildman–Crippen LogP) is 3.86. The lowest BCUT2D eigenvalue weighted by Gasteiger charge is -2.30. The predicted molar refractivity (Wildman–Crippen MR) is 128 cm³/mol. The van der Waals surface area contributed by atoms with E-state index >= 15 is 0 Å². The van der Waals surface area contributed by atoms with Gasteiger partial charge in [-0.2, -0.15) is 0 Å². The quantitative estimate of drug-likeness (QED) is 0.528. The highest BCUT2D eigenvalue weighted by molar-refractivity contribution is 5.78. The van der Waals surface area contributed by atoms with Crippen molar-refractivity contribution in [2.45, 2.75) is 51.6 Å². The zero-order chi connectivity index (χ0) is 22.5. The van der Waals surface area contributed by atoms with Gasteiger partial charge in [0.25, 0.3) is 5.56 Å². The van der Waals surface area contributed by atoms with Gasteiger partial charge in [0.05, 0.1) is 16.9 Å². The number of aryl methyl sites for hydroxylation is 1. The molecule has 1 amide bonds. The maximum absolute atomic E-state index is 13.0. The summed E-state index contributed by atoms with van der Waals surface area (Å²) in [7, 11) is 0. The molecule has 1 N–H and O–H groups in total. The first kappa shape index (κ1) is 22.2. The van der Waals surface area contributed by atoms with Crippen LogP contribution < -0.4 is 10.9 Å². The van der Waals surface area contributed by atoms with E-state index in [9.17, 15) is 9.59 Å². The van der Waals surface area contributed by atoms with Crippen LogP contribution in [0.15, 0.2) is 59.4 Å².